The lowest BCUT2D eigenvalue weighted by Crippen LogP contribution is -2.52. The summed E-state index contributed by atoms with van der Waals surface area (Å²) in [5, 5.41) is 0. The molecule has 0 N–H and O–H groups in total. The fourth-order valence-corrected chi connectivity index (χ4v) is 9.66. The summed E-state index contributed by atoms with van der Waals surface area (Å²) in [5.41, 5.74) is 7.55. The summed E-state index contributed by atoms with van der Waals surface area (Å²) in [5.74, 6) is 0. The van der Waals surface area contributed by atoms with Gasteiger partial charge in [0.25, 0.3) is 0 Å². The molecule has 57 heavy (non-hydrogen) atoms. The molecular formula is C52H44O4Si. The van der Waals surface area contributed by atoms with Gasteiger partial charge in [-0.1, -0.05) is 243 Å². The SMILES string of the molecule is c1ccc(C(O[Si](OC(c2ccccc2)c2ccccc2)(OC(c2ccccc2)c2ccccc2)OC(c2ccccc2)c2ccccc2)c2ccccc2)cc1. The average molecular weight is 761 g/mol. The van der Waals surface area contributed by atoms with Gasteiger partial charge in [-0.25, -0.2) is 0 Å². The van der Waals surface area contributed by atoms with Gasteiger partial charge in [0.2, 0.25) is 0 Å². The third kappa shape index (κ3) is 9.44. The predicted octanol–water partition coefficient (Wildman–Crippen LogP) is 12.6. The van der Waals surface area contributed by atoms with Gasteiger partial charge in [0.15, 0.2) is 0 Å². The first-order valence-corrected chi connectivity index (χ1v) is 21.0. The van der Waals surface area contributed by atoms with E-state index in [1.807, 2.05) is 146 Å². The zero-order valence-corrected chi connectivity index (χ0v) is 32.5. The molecule has 0 atom stereocenters. The van der Waals surface area contributed by atoms with Crippen molar-refractivity contribution in [3.8, 4) is 0 Å². The second-order valence-corrected chi connectivity index (χ2v) is 15.7. The van der Waals surface area contributed by atoms with Crippen LogP contribution >= 0.6 is 0 Å². The van der Waals surface area contributed by atoms with Gasteiger partial charge in [-0.2, -0.15) is 0 Å². The first kappa shape index (κ1) is 37.7. The van der Waals surface area contributed by atoms with Crippen LogP contribution in [0.15, 0.2) is 243 Å². The first-order valence-electron chi connectivity index (χ1n) is 19.4. The van der Waals surface area contributed by atoms with E-state index in [0.717, 1.165) is 44.5 Å². The Labute approximate surface area is 337 Å². The molecule has 0 aliphatic heterocycles. The maximum Gasteiger partial charge on any atom is 0.682 e. The van der Waals surface area contributed by atoms with Crippen molar-refractivity contribution in [1.82, 2.24) is 0 Å². The van der Waals surface area contributed by atoms with E-state index in [9.17, 15) is 0 Å². The van der Waals surface area contributed by atoms with Crippen LogP contribution < -0.4 is 0 Å². The van der Waals surface area contributed by atoms with Gasteiger partial charge in [-0.15, -0.1) is 0 Å². The average Bonchev–Trinajstić information content (AvgIpc) is 3.31. The summed E-state index contributed by atoms with van der Waals surface area (Å²) in [6, 6.07) is 82.0. The van der Waals surface area contributed by atoms with Crippen LogP contribution in [0, 0.1) is 0 Å². The standard InChI is InChI=1S/C52H44O4Si/c1-9-25-41(26-10-1)49(42-27-11-2-12-28-42)53-57(54-50(43-29-13-3-14-30-43)44-31-15-4-16-32-44,55-51(45-33-17-5-18-34-45)46-35-19-6-20-36-46)56-52(47-37-21-7-22-38-47)48-39-23-8-24-40-48/h1-40,49-52H. The number of rotatable bonds is 16. The fourth-order valence-electron chi connectivity index (χ4n) is 7.08. The first-order chi connectivity index (χ1) is 28.2. The van der Waals surface area contributed by atoms with E-state index in [2.05, 4.69) is 97.1 Å². The van der Waals surface area contributed by atoms with Crippen LogP contribution in [0.25, 0.3) is 0 Å². The molecule has 0 fully saturated rings. The van der Waals surface area contributed by atoms with Gasteiger partial charge in [0.05, 0.1) is 0 Å². The molecule has 0 saturated carbocycles. The molecule has 8 aromatic rings. The molecule has 0 unspecified atom stereocenters. The molecule has 0 radical (unpaired) electrons. The van der Waals surface area contributed by atoms with Crippen molar-refractivity contribution >= 4 is 9.05 Å². The van der Waals surface area contributed by atoms with Crippen LogP contribution in [0.5, 0.6) is 0 Å². The quantitative estimate of drug-likeness (QED) is 0.0919. The molecule has 8 rings (SSSR count). The van der Waals surface area contributed by atoms with Gasteiger partial charge < -0.3 is 17.7 Å². The largest absolute Gasteiger partial charge is 0.682 e. The van der Waals surface area contributed by atoms with Crippen molar-refractivity contribution in [1.29, 1.82) is 0 Å². The predicted molar refractivity (Wildman–Crippen MR) is 229 cm³/mol. The molecule has 8 aromatic carbocycles. The summed E-state index contributed by atoms with van der Waals surface area (Å²) in [7, 11) is -4.51. The Hall–Kier alpha value is -6.18. The number of hydrogen-bond acceptors (Lipinski definition) is 4. The van der Waals surface area contributed by atoms with Crippen LogP contribution in [0.2, 0.25) is 0 Å². The molecule has 0 saturated heterocycles. The summed E-state index contributed by atoms with van der Waals surface area (Å²) in [6.45, 7) is 0. The van der Waals surface area contributed by atoms with E-state index >= 15 is 0 Å². The Kier molecular flexibility index (Phi) is 12.3. The molecule has 0 aromatic heterocycles. The van der Waals surface area contributed by atoms with Gasteiger partial charge in [-0.3, -0.25) is 0 Å². The third-order valence-electron chi connectivity index (χ3n) is 9.87. The molecule has 0 aliphatic rings. The topological polar surface area (TPSA) is 36.9 Å². The Bertz CT molecular complexity index is 1850. The van der Waals surface area contributed by atoms with Crippen molar-refractivity contribution in [2.45, 2.75) is 24.4 Å². The zero-order chi connectivity index (χ0) is 38.5. The van der Waals surface area contributed by atoms with E-state index < -0.39 is 33.5 Å². The summed E-state index contributed by atoms with van der Waals surface area (Å²) in [4.78, 5) is 0. The molecule has 280 valence electrons. The van der Waals surface area contributed by atoms with Crippen molar-refractivity contribution < 1.29 is 17.7 Å². The van der Waals surface area contributed by atoms with Crippen molar-refractivity contribution in [3.63, 3.8) is 0 Å². The highest BCUT2D eigenvalue weighted by Crippen LogP contribution is 2.43. The minimum absolute atomic E-state index is 0.620. The van der Waals surface area contributed by atoms with Crippen LogP contribution in [0.4, 0.5) is 0 Å². The Morgan fingerprint density at radius 1 is 0.193 bits per heavy atom. The monoisotopic (exact) mass is 760 g/mol. The second kappa shape index (κ2) is 18.6. The number of hydrogen-bond donors (Lipinski definition) is 0. The summed E-state index contributed by atoms with van der Waals surface area (Å²) < 4.78 is 30.8. The highest BCUT2D eigenvalue weighted by atomic mass is 28.4. The normalized spacial score (nSPS) is 11.7. The van der Waals surface area contributed by atoms with Crippen molar-refractivity contribution in [3.05, 3.63) is 287 Å². The minimum atomic E-state index is -4.51. The Morgan fingerprint density at radius 3 is 0.439 bits per heavy atom. The van der Waals surface area contributed by atoms with Crippen molar-refractivity contribution in [2.75, 3.05) is 0 Å². The lowest BCUT2D eigenvalue weighted by molar-refractivity contribution is -0.0874. The van der Waals surface area contributed by atoms with Crippen molar-refractivity contribution in [2.24, 2.45) is 0 Å². The maximum absolute atomic E-state index is 7.70. The highest BCUT2D eigenvalue weighted by molar-refractivity contribution is 6.54. The van der Waals surface area contributed by atoms with E-state index in [-0.39, 0.29) is 0 Å². The highest BCUT2D eigenvalue weighted by Gasteiger charge is 2.55. The molecular weight excluding hydrogens is 717 g/mol. The van der Waals surface area contributed by atoms with E-state index in [4.69, 9.17) is 17.7 Å². The second-order valence-electron chi connectivity index (χ2n) is 13.8. The molecule has 0 spiro atoms. The van der Waals surface area contributed by atoms with Crippen LogP contribution in [0.1, 0.15) is 68.9 Å². The molecule has 0 aliphatic carbocycles. The summed E-state index contributed by atoms with van der Waals surface area (Å²) in [6.07, 6.45) is -2.48. The molecule has 5 heteroatoms. The number of benzene rings is 8. The Balaban J connectivity index is 1.40. The van der Waals surface area contributed by atoms with E-state index in [1.165, 1.54) is 0 Å². The molecule has 4 nitrogen and oxygen atoms in total. The lowest BCUT2D eigenvalue weighted by atomic mass is 10.0. The van der Waals surface area contributed by atoms with Gasteiger partial charge in [0.1, 0.15) is 24.4 Å². The maximum atomic E-state index is 7.70. The molecule has 0 heterocycles. The fraction of sp³-hybridized carbons (Fsp3) is 0.0769. The van der Waals surface area contributed by atoms with E-state index in [0.29, 0.717) is 0 Å². The van der Waals surface area contributed by atoms with Crippen LogP contribution in [-0.4, -0.2) is 9.05 Å². The zero-order valence-electron chi connectivity index (χ0n) is 31.5. The van der Waals surface area contributed by atoms with Crippen LogP contribution in [-0.2, 0) is 17.7 Å². The van der Waals surface area contributed by atoms with Crippen LogP contribution in [0.3, 0.4) is 0 Å². The molecule has 0 bridgehead atoms. The van der Waals surface area contributed by atoms with Gasteiger partial charge in [0, 0.05) is 0 Å². The third-order valence-corrected chi connectivity index (χ3v) is 12.0. The van der Waals surface area contributed by atoms with Gasteiger partial charge >= 0.3 is 9.05 Å². The minimum Gasteiger partial charge on any atom is -0.340 e. The molecule has 0 amide bonds. The Morgan fingerprint density at radius 2 is 0.316 bits per heavy atom. The smallest absolute Gasteiger partial charge is 0.340 e. The lowest BCUT2D eigenvalue weighted by Gasteiger charge is -2.39. The van der Waals surface area contributed by atoms with E-state index in [1.54, 1.807) is 0 Å². The van der Waals surface area contributed by atoms with Gasteiger partial charge in [-0.05, 0) is 44.5 Å². The summed E-state index contributed by atoms with van der Waals surface area (Å²) >= 11 is 0.